The normalized spacial score (nSPS) is 12.4. The number of aliphatic hydroxyl groups is 1. The molecule has 0 spiro atoms. The highest BCUT2D eigenvalue weighted by Crippen LogP contribution is 2.62. The Hall–Kier alpha value is -16.0. The molecule has 3 aliphatic heterocycles. The van der Waals surface area contributed by atoms with Crippen LogP contribution in [-0.2, 0) is 11.0 Å². The van der Waals surface area contributed by atoms with E-state index < -0.39 is 5.60 Å². The fraction of sp³-hybridized carbons (Fsp3) is 0.0476. The molecule has 0 aromatic heterocycles. The number of para-hydroxylation sites is 2. The highest BCUT2D eigenvalue weighted by Gasteiger charge is 2.42. The van der Waals surface area contributed by atoms with Crippen molar-refractivity contribution in [2.75, 3.05) is 9.80 Å². The van der Waals surface area contributed by atoms with E-state index in [9.17, 15) is 5.11 Å². The van der Waals surface area contributed by atoms with Crippen LogP contribution < -0.4 is 9.80 Å². The fourth-order valence-electron chi connectivity index (χ4n) is 19.9. The SMILES string of the molecule is CC(C)(O)c1ccccc1N1c2ccc(-c3cc(-c4ccccc4)cc(-c4ccccc4)c3)cc2-c2ccccc2-c2cc(-c3cc(-c4ccccc4)cc(-c4ccccc4)c3)ccc21.CC1(C)c2ccccc2N2c3ccc(-c4cc(-c5ccccc5)cc(-c5ccccc5)c4)cc3-c3ccccc3-c3cc(-c4cc(-c5ccccc5)cc(-c5ccccc5)c4)cc1c32. The summed E-state index contributed by atoms with van der Waals surface area (Å²) in [6, 6.07) is 175. The Balaban J connectivity index is 0.000000152. The minimum atomic E-state index is -1.10. The highest BCUT2D eigenvalue weighted by molar-refractivity contribution is 6.09. The van der Waals surface area contributed by atoms with Gasteiger partial charge in [0.25, 0.3) is 0 Å². The number of fused-ring (bicyclic) bond motifs is 12. The number of rotatable bonds is 14. The van der Waals surface area contributed by atoms with Gasteiger partial charge in [-0.15, -0.1) is 0 Å². The Morgan fingerprint density at radius 1 is 0.171 bits per heavy atom. The first-order chi connectivity index (χ1) is 63.3. The van der Waals surface area contributed by atoms with Crippen LogP contribution in [0.4, 0.5) is 34.1 Å². The molecule has 0 fully saturated rings. The maximum atomic E-state index is 11.8. The average Bonchev–Trinajstić information content (AvgIpc) is 1.66. The zero-order valence-corrected chi connectivity index (χ0v) is 72.5. The topological polar surface area (TPSA) is 26.7 Å². The van der Waals surface area contributed by atoms with Crippen LogP contribution in [0.2, 0.25) is 0 Å². The molecule has 0 atom stereocenters. The third-order valence-corrected chi connectivity index (χ3v) is 26.3. The summed E-state index contributed by atoms with van der Waals surface area (Å²) in [4.78, 5) is 4.94. The molecule has 3 aliphatic rings. The third-order valence-electron chi connectivity index (χ3n) is 26.3. The van der Waals surface area contributed by atoms with Gasteiger partial charge in [0.2, 0.25) is 0 Å². The Morgan fingerprint density at radius 3 is 0.698 bits per heavy atom. The zero-order chi connectivity index (χ0) is 86.7. The first kappa shape index (κ1) is 78.9. The van der Waals surface area contributed by atoms with Crippen LogP contribution in [-0.4, -0.2) is 5.11 Å². The molecule has 129 heavy (non-hydrogen) atoms. The van der Waals surface area contributed by atoms with Gasteiger partial charge in [0.1, 0.15) is 0 Å². The van der Waals surface area contributed by atoms with Gasteiger partial charge < -0.3 is 14.9 Å². The lowest BCUT2D eigenvalue weighted by atomic mass is 9.71. The summed E-state index contributed by atoms with van der Waals surface area (Å²) in [5, 5.41) is 11.8. The van der Waals surface area contributed by atoms with Crippen LogP contribution in [0.15, 0.2) is 479 Å². The minimum Gasteiger partial charge on any atom is -0.386 e. The maximum absolute atomic E-state index is 11.8. The van der Waals surface area contributed by atoms with Crippen LogP contribution in [0.5, 0.6) is 0 Å². The molecule has 0 radical (unpaired) electrons. The van der Waals surface area contributed by atoms with Crippen LogP contribution >= 0.6 is 0 Å². The van der Waals surface area contributed by atoms with Crippen molar-refractivity contribution in [1.82, 2.24) is 0 Å². The van der Waals surface area contributed by atoms with Gasteiger partial charge >= 0.3 is 0 Å². The molecule has 23 rings (SSSR count). The molecular weight excluding hydrogens is 1560 g/mol. The van der Waals surface area contributed by atoms with Crippen molar-refractivity contribution >= 4 is 34.1 Å². The zero-order valence-electron chi connectivity index (χ0n) is 72.5. The molecule has 3 heterocycles. The number of anilines is 6. The van der Waals surface area contributed by atoms with Gasteiger partial charge in [-0.25, -0.2) is 0 Å². The molecule has 3 nitrogen and oxygen atoms in total. The van der Waals surface area contributed by atoms with E-state index in [1.54, 1.807) is 0 Å². The second-order valence-corrected chi connectivity index (χ2v) is 35.2. The van der Waals surface area contributed by atoms with Crippen LogP contribution in [0.3, 0.4) is 0 Å². The Labute approximate surface area is 756 Å². The molecule has 0 saturated heterocycles. The molecular formula is C126H92N2O. The van der Waals surface area contributed by atoms with E-state index in [4.69, 9.17) is 0 Å². The summed E-state index contributed by atoms with van der Waals surface area (Å²) in [5.74, 6) is 0. The van der Waals surface area contributed by atoms with Crippen molar-refractivity contribution in [1.29, 1.82) is 0 Å². The molecule has 0 amide bonds. The van der Waals surface area contributed by atoms with Gasteiger partial charge in [0, 0.05) is 33.2 Å². The molecule has 0 bridgehead atoms. The Bertz CT molecular complexity index is 7200. The fourth-order valence-corrected chi connectivity index (χ4v) is 19.9. The van der Waals surface area contributed by atoms with Gasteiger partial charge in [0.05, 0.1) is 39.7 Å². The van der Waals surface area contributed by atoms with E-state index in [-0.39, 0.29) is 5.41 Å². The summed E-state index contributed by atoms with van der Waals surface area (Å²) >= 11 is 0. The van der Waals surface area contributed by atoms with Gasteiger partial charge in [-0.3, -0.25) is 0 Å². The summed E-state index contributed by atoms with van der Waals surface area (Å²) in [6.07, 6.45) is 0. The summed E-state index contributed by atoms with van der Waals surface area (Å²) in [7, 11) is 0. The second kappa shape index (κ2) is 33.1. The quantitative estimate of drug-likeness (QED) is 0.118. The Kier molecular flexibility index (Phi) is 20.3. The van der Waals surface area contributed by atoms with E-state index >= 15 is 0 Å². The number of hydrogen-bond donors (Lipinski definition) is 1. The number of hydrogen-bond acceptors (Lipinski definition) is 3. The van der Waals surface area contributed by atoms with Crippen molar-refractivity contribution in [3.63, 3.8) is 0 Å². The molecule has 20 aromatic rings. The van der Waals surface area contributed by atoms with Crippen molar-refractivity contribution in [3.05, 3.63) is 496 Å². The van der Waals surface area contributed by atoms with E-state index in [1.165, 1.54) is 162 Å². The van der Waals surface area contributed by atoms with Crippen molar-refractivity contribution in [2.24, 2.45) is 0 Å². The molecule has 0 unspecified atom stereocenters. The Morgan fingerprint density at radius 2 is 0.395 bits per heavy atom. The standard InChI is InChI=1S/C63H47NO.C63H45N/c1-63(2,65)59-29-17-18-30-62(59)64-60-33-31-47(53-37-49(43-19-7-3-8-20-43)35-50(38-53)44-21-9-4-10-22-44)41-57(60)55-27-15-16-28-56(55)58-42-48(32-34-61(58)64)54-39-51(45-23-11-5-12-24-45)36-52(40-54)46-25-13-6-14-26-46;1-63(2)58-29-17-18-30-61(58)64-60-32-31-46(51-35-47(42-19-7-3-8-20-42)33-48(36-51)43-21-9-4-10-22-43)39-56(60)54-27-15-16-28-55(54)57-40-53(41-59(63)62(57)64)52-37-49(44-23-11-5-12-24-44)34-50(38-52)45-25-13-6-14-26-45/h3-42,65H,1-2H3;3-41H,1-2H3. The largest absolute Gasteiger partial charge is 0.386 e. The van der Waals surface area contributed by atoms with Crippen molar-refractivity contribution in [3.8, 4) is 178 Å². The monoisotopic (exact) mass is 1650 g/mol. The van der Waals surface area contributed by atoms with E-state index in [0.717, 1.165) is 67.1 Å². The smallest absolute Gasteiger partial charge is 0.0860 e. The first-order valence-electron chi connectivity index (χ1n) is 44.7. The first-order valence-corrected chi connectivity index (χ1v) is 44.7. The molecule has 3 heteroatoms. The van der Waals surface area contributed by atoms with E-state index in [0.29, 0.717) is 0 Å². The molecule has 0 aliphatic carbocycles. The van der Waals surface area contributed by atoms with Crippen LogP contribution in [0.25, 0.3) is 178 Å². The lowest BCUT2D eigenvalue weighted by Crippen LogP contribution is -2.31. The molecule has 20 aromatic carbocycles. The van der Waals surface area contributed by atoms with Gasteiger partial charge in [0.15, 0.2) is 0 Å². The van der Waals surface area contributed by atoms with E-state index in [2.05, 4.69) is 497 Å². The number of benzene rings is 20. The van der Waals surface area contributed by atoms with Crippen LogP contribution in [0.1, 0.15) is 44.4 Å². The van der Waals surface area contributed by atoms with E-state index in [1.807, 2.05) is 19.9 Å². The lowest BCUT2D eigenvalue weighted by Gasteiger charge is -2.43. The summed E-state index contributed by atoms with van der Waals surface area (Å²) in [5.41, 5.74) is 46.6. The number of nitrogens with zero attached hydrogens (tertiary/aromatic N) is 2. The molecule has 612 valence electrons. The predicted molar refractivity (Wildman–Crippen MR) is 544 cm³/mol. The maximum Gasteiger partial charge on any atom is 0.0860 e. The van der Waals surface area contributed by atoms with Crippen molar-refractivity contribution < 1.29 is 5.11 Å². The minimum absolute atomic E-state index is 0.280. The van der Waals surface area contributed by atoms with Gasteiger partial charge in [-0.2, -0.15) is 0 Å². The average molecular weight is 1650 g/mol. The van der Waals surface area contributed by atoms with Crippen LogP contribution in [0, 0.1) is 0 Å². The van der Waals surface area contributed by atoms with Crippen molar-refractivity contribution in [2.45, 2.75) is 38.7 Å². The predicted octanol–water partition coefficient (Wildman–Crippen LogP) is 34.5. The van der Waals surface area contributed by atoms with Gasteiger partial charge in [-0.05, 0) is 314 Å². The second-order valence-electron chi connectivity index (χ2n) is 35.2. The lowest BCUT2D eigenvalue weighted by molar-refractivity contribution is 0.0792. The van der Waals surface area contributed by atoms with Gasteiger partial charge in [-0.1, -0.05) is 360 Å². The molecule has 1 N–H and O–H groups in total. The third kappa shape index (κ3) is 14.9. The summed E-state index contributed by atoms with van der Waals surface area (Å²) in [6.45, 7) is 8.56. The highest BCUT2D eigenvalue weighted by atomic mass is 16.3. The molecule has 0 saturated carbocycles. The summed E-state index contributed by atoms with van der Waals surface area (Å²) < 4.78 is 0.